The minimum atomic E-state index is -0.735. The third kappa shape index (κ3) is 5.98. The lowest BCUT2D eigenvalue weighted by Crippen LogP contribution is -2.47. The molecule has 0 saturated carbocycles. The van der Waals surface area contributed by atoms with Crippen molar-refractivity contribution in [3.05, 3.63) is 93.0 Å². The number of anilines is 2. The van der Waals surface area contributed by atoms with Gasteiger partial charge >= 0.3 is 0 Å². The average molecular weight is 547 g/mol. The molecule has 3 aromatic rings. The van der Waals surface area contributed by atoms with Gasteiger partial charge < -0.3 is 15.5 Å². The summed E-state index contributed by atoms with van der Waals surface area (Å²) in [6.07, 6.45) is 0. The van der Waals surface area contributed by atoms with Crippen molar-refractivity contribution in [2.45, 2.75) is 5.92 Å². The molecule has 2 N–H and O–H groups in total. The summed E-state index contributed by atoms with van der Waals surface area (Å²) in [4.78, 5) is 46.1. The summed E-state index contributed by atoms with van der Waals surface area (Å²) >= 11 is 6.12. The Morgan fingerprint density at radius 2 is 1.85 bits per heavy atom. The molecule has 2 amide bonds. The molecule has 1 unspecified atom stereocenters. The van der Waals surface area contributed by atoms with E-state index in [1.165, 1.54) is 12.1 Å². The molecule has 2 heterocycles. The molecule has 1 fully saturated rings. The van der Waals surface area contributed by atoms with Gasteiger partial charge in [-0.15, -0.1) is 0 Å². The van der Waals surface area contributed by atoms with E-state index in [4.69, 9.17) is 16.6 Å². The highest BCUT2D eigenvalue weighted by molar-refractivity contribution is 6.31. The van der Waals surface area contributed by atoms with E-state index in [-0.39, 0.29) is 35.4 Å². The van der Waals surface area contributed by atoms with Crippen LogP contribution >= 0.6 is 11.6 Å². The van der Waals surface area contributed by atoms with E-state index in [0.29, 0.717) is 27.5 Å². The first-order chi connectivity index (χ1) is 18.8. The molecule has 5 rings (SSSR count). The van der Waals surface area contributed by atoms with Gasteiger partial charge in [-0.3, -0.25) is 29.6 Å². The summed E-state index contributed by atoms with van der Waals surface area (Å²) in [6.45, 7) is 3.39. The van der Waals surface area contributed by atoms with E-state index in [2.05, 4.69) is 15.5 Å². The van der Waals surface area contributed by atoms with Crippen LogP contribution in [0.25, 0.3) is 0 Å². The van der Waals surface area contributed by atoms with E-state index in [1.54, 1.807) is 24.3 Å². The van der Waals surface area contributed by atoms with Gasteiger partial charge in [-0.25, -0.2) is 0 Å². The molecule has 0 aromatic heterocycles. The lowest BCUT2D eigenvalue weighted by atomic mass is 9.90. The van der Waals surface area contributed by atoms with Crippen LogP contribution in [0.1, 0.15) is 17.0 Å². The zero-order valence-electron chi connectivity index (χ0n) is 21.3. The third-order valence-electron chi connectivity index (χ3n) is 6.85. The number of hydrogen-bond acceptors (Lipinski definition) is 7. The number of carbonyl (C=O) groups is 2. The fraction of sp³-hybridized carbons (Fsp3) is 0.250. The molecular formula is C28H27ClN6O4. The molecule has 0 aliphatic carbocycles. The molecule has 1 atom stereocenters. The van der Waals surface area contributed by atoms with Crippen molar-refractivity contribution in [2.75, 3.05) is 50.4 Å². The number of carbonyl (C=O) groups excluding carboxylic acids is 2. The fourth-order valence-corrected chi connectivity index (χ4v) is 4.97. The highest BCUT2D eigenvalue weighted by Crippen LogP contribution is 2.38. The highest BCUT2D eigenvalue weighted by Gasteiger charge is 2.35. The molecular weight excluding hydrogens is 520 g/mol. The molecule has 3 aromatic carbocycles. The summed E-state index contributed by atoms with van der Waals surface area (Å²) in [5.74, 6) is -1.32. The topological polar surface area (TPSA) is 120 Å². The first kappa shape index (κ1) is 26.5. The van der Waals surface area contributed by atoms with Gasteiger partial charge in [-0.05, 0) is 42.4 Å². The number of nitrogens with zero attached hydrogens (tertiary/aromatic N) is 4. The number of amides is 2. The predicted octanol–water partition coefficient (Wildman–Crippen LogP) is 4.29. The van der Waals surface area contributed by atoms with E-state index >= 15 is 0 Å². The third-order valence-corrected chi connectivity index (χ3v) is 7.09. The van der Waals surface area contributed by atoms with Crippen LogP contribution in [0.3, 0.4) is 0 Å². The maximum absolute atomic E-state index is 13.1. The van der Waals surface area contributed by atoms with Crippen LogP contribution in [-0.2, 0) is 9.59 Å². The van der Waals surface area contributed by atoms with Gasteiger partial charge in [0, 0.05) is 43.0 Å². The molecule has 10 nitrogen and oxygen atoms in total. The van der Waals surface area contributed by atoms with E-state index in [1.807, 2.05) is 42.3 Å². The summed E-state index contributed by atoms with van der Waals surface area (Å²) in [5.41, 5.74) is 2.56. The van der Waals surface area contributed by atoms with Gasteiger partial charge in [0.25, 0.3) is 5.69 Å². The normalized spacial score (nSPS) is 17.9. The number of nitrogens with one attached hydrogen (secondary N) is 2. The first-order valence-electron chi connectivity index (χ1n) is 12.5. The number of benzene rings is 3. The standard InChI is InChI=1S/C28H27ClN6O4/c1-33-11-13-34(14-12-33)17-25(36)31-22-10-8-20(16-24(22)35(38)39)30-27(18-5-3-2-4-6-18)26-21-9-7-19(29)15-23(21)32-28(26)37/h2-10,15-16,26H,11-14,17H2,1H3,(H,31,36)(H,32,37). The smallest absolute Gasteiger partial charge is 0.294 e. The molecule has 0 bridgehead atoms. The van der Waals surface area contributed by atoms with E-state index < -0.39 is 10.8 Å². The van der Waals surface area contributed by atoms with Crippen molar-refractivity contribution in [2.24, 2.45) is 4.99 Å². The number of nitro benzene ring substituents is 1. The largest absolute Gasteiger partial charge is 0.325 e. The van der Waals surface area contributed by atoms with Crippen LogP contribution in [0.4, 0.5) is 22.7 Å². The van der Waals surface area contributed by atoms with Crippen LogP contribution in [0.2, 0.25) is 5.02 Å². The van der Waals surface area contributed by atoms with Gasteiger partial charge in [0.15, 0.2) is 0 Å². The van der Waals surface area contributed by atoms with Crippen molar-refractivity contribution < 1.29 is 14.5 Å². The number of hydrogen-bond donors (Lipinski definition) is 2. The van der Waals surface area contributed by atoms with Crippen molar-refractivity contribution in [1.82, 2.24) is 9.80 Å². The Morgan fingerprint density at radius 1 is 1.10 bits per heavy atom. The highest BCUT2D eigenvalue weighted by atomic mass is 35.5. The first-order valence-corrected chi connectivity index (χ1v) is 12.9. The Morgan fingerprint density at radius 3 is 2.56 bits per heavy atom. The second-order valence-electron chi connectivity index (χ2n) is 9.60. The number of likely N-dealkylation sites (N-methyl/N-ethyl adjacent to an activating group) is 1. The van der Waals surface area contributed by atoms with Crippen LogP contribution in [0, 0.1) is 10.1 Å². The van der Waals surface area contributed by atoms with Gasteiger partial charge in [-0.1, -0.05) is 48.0 Å². The van der Waals surface area contributed by atoms with Gasteiger partial charge in [-0.2, -0.15) is 0 Å². The fourth-order valence-electron chi connectivity index (χ4n) is 4.79. The molecule has 1 saturated heterocycles. The molecule has 2 aliphatic rings. The minimum Gasteiger partial charge on any atom is -0.325 e. The number of aliphatic imine (C=N–C) groups is 1. The minimum absolute atomic E-state index is 0.0953. The number of piperazine rings is 1. The Labute approximate surface area is 230 Å². The van der Waals surface area contributed by atoms with Crippen molar-refractivity contribution in [3.63, 3.8) is 0 Å². The summed E-state index contributed by atoms with van der Waals surface area (Å²) in [6, 6.07) is 18.7. The second-order valence-corrected chi connectivity index (χ2v) is 10.0. The zero-order chi connectivity index (χ0) is 27.5. The lowest BCUT2D eigenvalue weighted by molar-refractivity contribution is -0.383. The summed E-state index contributed by atoms with van der Waals surface area (Å²) < 4.78 is 0. The predicted molar refractivity (Wildman–Crippen MR) is 151 cm³/mol. The van der Waals surface area contributed by atoms with E-state index in [0.717, 1.165) is 26.2 Å². The van der Waals surface area contributed by atoms with E-state index in [9.17, 15) is 19.7 Å². The lowest BCUT2D eigenvalue weighted by Gasteiger charge is -2.31. The maximum atomic E-state index is 13.1. The van der Waals surface area contributed by atoms with Crippen LogP contribution in [0.5, 0.6) is 0 Å². The van der Waals surface area contributed by atoms with Gasteiger partial charge in [0.05, 0.1) is 22.9 Å². The molecule has 11 heteroatoms. The molecule has 200 valence electrons. The number of nitro groups is 1. The van der Waals surface area contributed by atoms with Crippen molar-refractivity contribution in [1.29, 1.82) is 0 Å². The number of fused-ring (bicyclic) bond motifs is 1. The zero-order valence-corrected chi connectivity index (χ0v) is 22.0. The average Bonchev–Trinajstić information content (AvgIpc) is 3.24. The summed E-state index contributed by atoms with van der Waals surface area (Å²) in [7, 11) is 2.03. The SMILES string of the molecule is CN1CCN(CC(=O)Nc2ccc(N=C(c3ccccc3)C3C(=O)Nc4cc(Cl)ccc43)cc2[N+](=O)[O-])CC1. The Hall–Kier alpha value is -4.12. The number of rotatable bonds is 7. The van der Waals surface area contributed by atoms with Crippen LogP contribution in [0.15, 0.2) is 71.7 Å². The monoisotopic (exact) mass is 546 g/mol. The Bertz CT molecular complexity index is 1450. The molecule has 0 radical (unpaired) electrons. The van der Waals surface area contributed by atoms with Crippen molar-refractivity contribution in [3.8, 4) is 0 Å². The number of halogens is 1. The maximum Gasteiger partial charge on any atom is 0.294 e. The molecule has 39 heavy (non-hydrogen) atoms. The van der Waals surface area contributed by atoms with Crippen LogP contribution < -0.4 is 10.6 Å². The quantitative estimate of drug-likeness (QED) is 0.259. The van der Waals surface area contributed by atoms with Crippen molar-refractivity contribution >= 4 is 51.9 Å². The van der Waals surface area contributed by atoms with Crippen LogP contribution in [-0.4, -0.2) is 72.0 Å². The molecule has 2 aliphatic heterocycles. The molecule has 0 spiro atoms. The van der Waals surface area contributed by atoms with Gasteiger partial charge in [0.2, 0.25) is 11.8 Å². The second kappa shape index (κ2) is 11.3. The summed E-state index contributed by atoms with van der Waals surface area (Å²) in [5, 5.41) is 18.0. The Balaban J connectivity index is 1.46. The van der Waals surface area contributed by atoms with Gasteiger partial charge in [0.1, 0.15) is 11.6 Å². The Kier molecular flexibility index (Phi) is 7.69.